The standard InChI is InChI=1S/C13H13ClFNS/c1-16-13(6-9-4-5-17-8-9)11-7-10(15)2-3-12(11)14/h2-5,7-8,13,16H,6H2,1H3. The number of hydrogen-bond donors (Lipinski definition) is 1. The van der Waals surface area contributed by atoms with Gasteiger partial charge in [-0.25, -0.2) is 4.39 Å². The maximum Gasteiger partial charge on any atom is 0.123 e. The van der Waals surface area contributed by atoms with E-state index in [0.717, 1.165) is 12.0 Å². The zero-order valence-electron chi connectivity index (χ0n) is 9.41. The highest BCUT2D eigenvalue weighted by Gasteiger charge is 2.14. The summed E-state index contributed by atoms with van der Waals surface area (Å²) in [5, 5.41) is 7.91. The molecule has 0 aliphatic heterocycles. The third-order valence-electron chi connectivity index (χ3n) is 2.70. The predicted octanol–water partition coefficient (Wildman–Crippen LogP) is 4.04. The van der Waals surface area contributed by atoms with Gasteiger partial charge < -0.3 is 5.32 Å². The van der Waals surface area contributed by atoms with Crippen molar-refractivity contribution in [2.45, 2.75) is 12.5 Å². The molecular formula is C13H13ClFNS. The molecule has 0 saturated heterocycles. The number of rotatable bonds is 4. The minimum atomic E-state index is -0.255. The van der Waals surface area contributed by atoms with Crippen LogP contribution in [0.15, 0.2) is 35.0 Å². The third-order valence-corrected chi connectivity index (χ3v) is 3.78. The first-order valence-electron chi connectivity index (χ1n) is 5.34. The molecule has 0 aliphatic rings. The van der Waals surface area contributed by atoms with Crippen LogP contribution < -0.4 is 5.32 Å². The Morgan fingerprint density at radius 1 is 1.41 bits per heavy atom. The fourth-order valence-corrected chi connectivity index (χ4v) is 2.72. The van der Waals surface area contributed by atoms with Crippen LogP contribution in [0.4, 0.5) is 4.39 Å². The van der Waals surface area contributed by atoms with Gasteiger partial charge in [0.2, 0.25) is 0 Å². The van der Waals surface area contributed by atoms with Crippen LogP contribution in [0.5, 0.6) is 0 Å². The smallest absolute Gasteiger partial charge is 0.123 e. The molecule has 1 N–H and O–H groups in total. The van der Waals surface area contributed by atoms with Crippen molar-refractivity contribution in [2.24, 2.45) is 0 Å². The molecule has 0 bridgehead atoms. The van der Waals surface area contributed by atoms with E-state index in [1.54, 1.807) is 17.4 Å². The lowest BCUT2D eigenvalue weighted by Gasteiger charge is -2.17. The lowest BCUT2D eigenvalue weighted by Crippen LogP contribution is -2.19. The van der Waals surface area contributed by atoms with Crippen molar-refractivity contribution in [1.82, 2.24) is 5.32 Å². The number of benzene rings is 1. The summed E-state index contributed by atoms with van der Waals surface area (Å²) in [5.74, 6) is -0.255. The van der Waals surface area contributed by atoms with Gasteiger partial charge in [-0.3, -0.25) is 0 Å². The molecule has 0 amide bonds. The summed E-state index contributed by atoms with van der Waals surface area (Å²) in [4.78, 5) is 0. The Balaban J connectivity index is 2.25. The molecule has 1 nitrogen and oxygen atoms in total. The monoisotopic (exact) mass is 269 g/mol. The van der Waals surface area contributed by atoms with E-state index >= 15 is 0 Å². The zero-order valence-corrected chi connectivity index (χ0v) is 11.0. The largest absolute Gasteiger partial charge is 0.313 e. The molecule has 1 atom stereocenters. The van der Waals surface area contributed by atoms with Crippen LogP contribution in [-0.2, 0) is 6.42 Å². The third kappa shape index (κ3) is 3.06. The van der Waals surface area contributed by atoms with Gasteiger partial charge in [-0.1, -0.05) is 11.6 Å². The van der Waals surface area contributed by atoms with Crippen LogP contribution in [0, 0.1) is 5.82 Å². The quantitative estimate of drug-likeness (QED) is 0.883. The van der Waals surface area contributed by atoms with Gasteiger partial charge in [0.25, 0.3) is 0 Å². The normalized spacial score (nSPS) is 12.6. The van der Waals surface area contributed by atoms with Crippen LogP contribution in [0.1, 0.15) is 17.2 Å². The summed E-state index contributed by atoms with van der Waals surface area (Å²) in [6.07, 6.45) is 0.809. The summed E-state index contributed by atoms with van der Waals surface area (Å²) >= 11 is 7.77. The van der Waals surface area contributed by atoms with E-state index in [0.29, 0.717) is 5.02 Å². The van der Waals surface area contributed by atoms with Crippen LogP contribution in [-0.4, -0.2) is 7.05 Å². The minimum absolute atomic E-state index is 0.0350. The first kappa shape index (κ1) is 12.6. The van der Waals surface area contributed by atoms with Crippen LogP contribution in [0.2, 0.25) is 5.02 Å². The Bertz CT molecular complexity index is 484. The Labute approximate surface area is 109 Å². The van der Waals surface area contributed by atoms with E-state index in [4.69, 9.17) is 11.6 Å². The highest BCUT2D eigenvalue weighted by atomic mass is 35.5. The number of halogens is 2. The lowest BCUT2D eigenvalue weighted by molar-refractivity contribution is 0.578. The average molecular weight is 270 g/mol. The number of hydrogen-bond acceptors (Lipinski definition) is 2. The van der Waals surface area contributed by atoms with Crippen molar-refractivity contribution < 1.29 is 4.39 Å². The Kier molecular flexibility index (Phi) is 4.15. The fraction of sp³-hybridized carbons (Fsp3) is 0.231. The van der Waals surface area contributed by atoms with Crippen LogP contribution in [0.25, 0.3) is 0 Å². The summed E-state index contributed by atoms with van der Waals surface area (Å²) in [7, 11) is 1.86. The molecule has 2 aromatic rings. The molecule has 0 radical (unpaired) electrons. The Hall–Kier alpha value is -0.900. The summed E-state index contributed by atoms with van der Waals surface area (Å²) < 4.78 is 13.2. The molecular weight excluding hydrogens is 257 g/mol. The molecule has 1 aromatic carbocycles. The van der Waals surface area contributed by atoms with Crippen LogP contribution in [0.3, 0.4) is 0 Å². The molecule has 1 aromatic heterocycles. The molecule has 0 aliphatic carbocycles. The molecule has 1 heterocycles. The van der Waals surface area contributed by atoms with Gasteiger partial charge in [0.1, 0.15) is 5.82 Å². The maximum atomic E-state index is 13.2. The first-order valence-corrected chi connectivity index (χ1v) is 6.66. The maximum absolute atomic E-state index is 13.2. The molecule has 0 spiro atoms. The van der Waals surface area contributed by atoms with Gasteiger partial charge >= 0.3 is 0 Å². The second-order valence-electron chi connectivity index (χ2n) is 3.84. The number of thiophene rings is 1. The molecule has 17 heavy (non-hydrogen) atoms. The van der Waals surface area contributed by atoms with Gasteiger partial charge in [-0.2, -0.15) is 11.3 Å². The first-order chi connectivity index (χ1) is 8.20. The molecule has 2 rings (SSSR count). The Morgan fingerprint density at radius 3 is 2.88 bits per heavy atom. The number of likely N-dealkylation sites (N-methyl/N-ethyl adjacent to an activating group) is 1. The molecule has 90 valence electrons. The van der Waals surface area contributed by atoms with Gasteiger partial charge in [-0.15, -0.1) is 0 Å². The summed E-state index contributed by atoms with van der Waals surface area (Å²) in [6.45, 7) is 0. The summed E-state index contributed by atoms with van der Waals surface area (Å²) in [6, 6.07) is 6.58. The van der Waals surface area contributed by atoms with Crippen molar-refractivity contribution in [1.29, 1.82) is 0 Å². The van der Waals surface area contributed by atoms with E-state index in [1.165, 1.54) is 17.7 Å². The van der Waals surface area contributed by atoms with Gasteiger partial charge in [0.05, 0.1) is 0 Å². The van der Waals surface area contributed by atoms with E-state index in [-0.39, 0.29) is 11.9 Å². The summed E-state index contributed by atoms with van der Waals surface area (Å²) in [5.41, 5.74) is 2.04. The second-order valence-corrected chi connectivity index (χ2v) is 5.03. The van der Waals surface area contributed by atoms with Crippen molar-refractivity contribution in [3.63, 3.8) is 0 Å². The highest BCUT2D eigenvalue weighted by molar-refractivity contribution is 7.07. The fourth-order valence-electron chi connectivity index (χ4n) is 1.79. The molecule has 1 unspecified atom stereocenters. The van der Waals surface area contributed by atoms with Crippen molar-refractivity contribution >= 4 is 22.9 Å². The molecule has 0 saturated carbocycles. The molecule has 4 heteroatoms. The predicted molar refractivity (Wildman–Crippen MR) is 71.2 cm³/mol. The van der Waals surface area contributed by atoms with Crippen molar-refractivity contribution in [2.75, 3.05) is 7.05 Å². The van der Waals surface area contributed by atoms with E-state index < -0.39 is 0 Å². The highest BCUT2D eigenvalue weighted by Crippen LogP contribution is 2.27. The Morgan fingerprint density at radius 2 is 2.24 bits per heavy atom. The van der Waals surface area contributed by atoms with Gasteiger partial charge in [0.15, 0.2) is 0 Å². The van der Waals surface area contributed by atoms with E-state index in [1.807, 2.05) is 12.4 Å². The average Bonchev–Trinajstić information content (AvgIpc) is 2.82. The van der Waals surface area contributed by atoms with Crippen LogP contribution >= 0.6 is 22.9 Å². The molecule has 0 fully saturated rings. The van der Waals surface area contributed by atoms with E-state index in [9.17, 15) is 4.39 Å². The zero-order chi connectivity index (χ0) is 12.3. The SMILES string of the molecule is CNC(Cc1ccsc1)c1cc(F)ccc1Cl. The van der Waals surface area contributed by atoms with Gasteiger partial charge in [-0.05, 0) is 59.6 Å². The topological polar surface area (TPSA) is 12.0 Å². The van der Waals surface area contributed by atoms with Crippen molar-refractivity contribution in [3.05, 3.63) is 57.0 Å². The van der Waals surface area contributed by atoms with Crippen molar-refractivity contribution in [3.8, 4) is 0 Å². The van der Waals surface area contributed by atoms with Gasteiger partial charge in [0, 0.05) is 11.1 Å². The lowest BCUT2D eigenvalue weighted by atomic mass is 10.0. The minimum Gasteiger partial charge on any atom is -0.313 e. The second kappa shape index (κ2) is 5.63. The van der Waals surface area contributed by atoms with E-state index in [2.05, 4.69) is 16.8 Å². The number of nitrogens with one attached hydrogen (secondary N) is 1.